The summed E-state index contributed by atoms with van der Waals surface area (Å²) in [6.07, 6.45) is 2.12. The second-order valence-corrected chi connectivity index (χ2v) is 9.90. The molecule has 2 amide bonds. The fourth-order valence-electron chi connectivity index (χ4n) is 3.96. The molecule has 0 aliphatic carbocycles. The molecule has 1 aliphatic heterocycles. The fourth-order valence-corrected chi connectivity index (χ4v) is 3.96. The van der Waals surface area contributed by atoms with E-state index >= 15 is 0 Å². The number of rotatable bonds is 7. The zero-order valence-electron chi connectivity index (χ0n) is 20.8. The first-order valence-corrected chi connectivity index (χ1v) is 11.9. The molecule has 1 aliphatic rings. The first-order valence-electron chi connectivity index (χ1n) is 11.9. The Morgan fingerprint density at radius 3 is 2.35 bits per heavy atom. The number of benzene rings is 1. The largest absolute Gasteiger partial charge is 0.444 e. The van der Waals surface area contributed by atoms with E-state index < -0.39 is 5.60 Å². The van der Waals surface area contributed by atoms with Gasteiger partial charge in [-0.15, -0.1) is 0 Å². The van der Waals surface area contributed by atoms with E-state index in [2.05, 4.69) is 15.3 Å². The highest BCUT2D eigenvalue weighted by Gasteiger charge is 2.26. The van der Waals surface area contributed by atoms with E-state index in [4.69, 9.17) is 4.74 Å². The van der Waals surface area contributed by atoms with Crippen molar-refractivity contribution < 1.29 is 18.7 Å². The number of hydrogen-bond donors (Lipinski definition) is 1. The maximum absolute atomic E-state index is 13.3. The van der Waals surface area contributed by atoms with Crippen LogP contribution in [0.4, 0.5) is 9.18 Å². The van der Waals surface area contributed by atoms with Gasteiger partial charge in [0.25, 0.3) is 5.91 Å². The highest BCUT2D eigenvalue weighted by molar-refractivity contribution is 5.95. The maximum Gasteiger partial charge on any atom is 0.410 e. The molecule has 0 spiro atoms. The summed E-state index contributed by atoms with van der Waals surface area (Å²) in [5, 5.41) is 7.38. The van der Waals surface area contributed by atoms with Crippen molar-refractivity contribution >= 4 is 12.0 Å². The van der Waals surface area contributed by atoms with Gasteiger partial charge in [0.15, 0.2) is 0 Å². The molecule has 8 nitrogen and oxygen atoms in total. The third kappa shape index (κ3) is 6.79. The minimum Gasteiger partial charge on any atom is -0.444 e. The van der Waals surface area contributed by atoms with Gasteiger partial charge in [-0.2, -0.15) is 5.10 Å². The predicted octanol–water partition coefficient (Wildman–Crippen LogP) is 3.81. The SMILES string of the molecule is CC(C)c1c(C(=O)NCCCN2CCN(C(=O)OC(C)(C)C)CC2)cnn1-c1ccc(F)cc1. The minimum absolute atomic E-state index is 0.0644. The lowest BCUT2D eigenvalue weighted by atomic mass is 10.0. The Morgan fingerprint density at radius 2 is 1.76 bits per heavy atom. The van der Waals surface area contributed by atoms with Crippen molar-refractivity contribution in [3.05, 3.63) is 47.5 Å². The van der Waals surface area contributed by atoms with Crippen LogP contribution >= 0.6 is 0 Å². The van der Waals surface area contributed by atoms with Crippen molar-refractivity contribution in [3.8, 4) is 5.69 Å². The molecule has 1 fully saturated rings. The molecule has 1 saturated heterocycles. The molecule has 0 radical (unpaired) electrons. The Bertz CT molecular complexity index is 973. The number of nitrogens with one attached hydrogen (secondary N) is 1. The fraction of sp³-hybridized carbons (Fsp3) is 0.560. The number of piperazine rings is 1. The Kier molecular flexibility index (Phi) is 8.30. The van der Waals surface area contributed by atoms with Crippen molar-refractivity contribution in [3.63, 3.8) is 0 Å². The molecule has 1 aromatic carbocycles. The third-order valence-electron chi connectivity index (χ3n) is 5.63. The van der Waals surface area contributed by atoms with E-state index in [0.717, 1.165) is 37.4 Å². The summed E-state index contributed by atoms with van der Waals surface area (Å²) in [5.41, 5.74) is 1.56. The smallest absolute Gasteiger partial charge is 0.410 e. The van der Waals surface area contributed by atoms with Gasteiger partial charge in [-0.05, 0) is 63.9 Å². The molecule has 1 N–H and O–H groups in total. The van der Waals surface area contributed by atoms with Crippen LogP contribution in [0.3, 0.4) is 0 Å². The lowest BCUT2D eigenvalue weighted by Gasteiger charge is -2.35. The Morgan fingerprint density at radius 1 is 1.12 bits per heavy atom. The number of aromatic nitrogens is 2. The van der Waals surface area contributed by atoms with Gasteiger partial charge in [0, 0.05) is 32.7 Å². The lowest BCUT2D eigenvalue weighted by Crippen LogP contribution is -2.50. The van der Waals surface area contributed by atoms with E-state index in [1.165, 1.54) is 12.1 Å². The van der Waals surface area contributed by atoms with E-state index in [1.807, 2.05) is 34.6 Å². The topological polar surface area (TPSA) is 79.7 Å². The van der Waals surface area contributed by atoms with Crippen LogP contribution in [0.25, 0.3) is 5.69 Å². The molecule has 3 rings (SSSR count). The summed E-state index contributed by atoms with van der Waals surface area (Å²) in [4.78, 5) is 29.1. The number of nitrogens with zero attached hydrogens (tertiary/aromatic N) is 4. The van der Waals surface area contributed by atoms with Gasteiger partial charge in [-0.3, -0.25) is 9.69 Å². The van der Waals surface area contributed by atoms with Gasteiger partial charge < -0.3 is 15.0 Å². The summed E-state index contributed by atoms with van der Waals surface area (Å²) < 4.78 is 20.4. The highest BCUT2D eigenvalue weighted by Crippen LogP contribution is 2.23. The lowest BCUT2D eigenvalue weighted by molar-refractivity contribution is 0.0144. The molecular formula is C25H36FN5O3. The van der Waals surface area contributed by atoms with Crippen molar-refractivity contribution in [2.45, 2.75) is 52.6 Å². The summed E-state index contributed by atoms with van der Waals surface area (Å²) in [5.74, 6) is -0.410. The monoisotopic (exact) mass is 473 g/mol. The molecule has 9 heteroatoms. The quantitative estimate of drug-likeness (QED) is 0.619. The van der Waals surface area contributed by atoms with Crippen LogP contribution in [-0.4, -0.2) is 76.5 Å². The van der Waals surface area contributed by atoms with Crippen LogP contribution in [0, 0.1) is 5.82 Å². The van der Waals surface area contributed by atoms with Gasteiger partial charge in [-0.1, -0.05) is 13.8 Å². The Labute approximate surface area is 201 Å². The first kappa shape index (κ1) is 25.7. The van der Waals surface area contributed by atoms with Crippen LogP contribution in [-0.2, 0) is 4.74 Å². The molecule has 1 aromatic heterocycles. The molecule has 2 aromatic rings. The molecular weight excluding hydrogens is 437 g/mol. The Balaban J connectivity index is 1.47. The Hall–Kier alpha value is -2.94. The van der Waals surface area contributed by atoms with Crippen molar-refractivity contribution in [1.82, 2.24) is 24.9 Å². The average molecular weight is 474 g/mol. The van der Waals surface area contributed by atoms with E-state index in [-0.39, 0.29) is 23.7 Å². The van der Waals surface area contributed by atoms with Gasteiger partial charge in [-0.25, -0.2) is 13.9 Å². The second-order valence-electron chi connectivity index (χ2n) is 9.90. The molecule has 0 atom stereocenters. The van der Waals surface area contributed by atoms with Crippen molar-refractivity contribution in [1.29, 1.82) is 0 Å². The zero-order valence-corrected chi connectivity index (χ0v) is 20.8. The number of ether oxygens (including phenoxy) is 1. The number of amides is 2. The van der Waals surface area contributed by atoms with Crippen LogP contribution in [0.15, 0.2) is 30.5 Å². The average Bonchev–Trinajstić information content (AvgIpc) is 3.22. The number of hydrogen-bond acceptors (Lipinski definition) is 5. The number of carbonyl (C=O) groups is 2. The van der Waals surface area contributed by atoms with E-state index in [0.29, 0.717) is 25.2 Å². The zero-order chi connectivity index (χ0) is 24.9. The molecule has 0 unspecified atom stereocenters. The maximum atomic E-state index is 13.3. The molecule has 0 saturated carbocycles. The standard InChI is InChI=1S/C25H36FN5O3/c1-18(2)22-21(17-28-31(22)20-9-7-19(26)8-10-20)23(32)27-11-6-12-29-13-15-30(16-14-29)24(33)34-25(3,4)5/h7-10,17-18H,6,11-16H2,1-5H3,(H,27,32). The molecule has 0 bridgehead atoms. The van der Waals surface area contributed by atoms with Crippen LogP contribution in [0.5, 0.6) is 0 Å². The van der Waals surface area contributed by atoms with Crippen LogP contribution in [0.2, 0.25) is 0 Å². The number of halogens is 1. The summed E-state index contributed by atoms with van der Waals surface area (Å²) >= 11 is 0. The van der Waals surface area contributed by atoms with E-state index in [9.17, 15) is 14.0 Å². The molecule has 34 heavy (non-hydrogen) atoms. The summed E-state index contributed by atoms with van der Waals surface area (Å²) in [6, 6.07) is 6.07. The predicted molar refractivity (Wildman–Crippen MR) is 129 cm³/mol. The van der Waals surface area contributed by atoms with Crippen LogP contribution in [0.1, 0.15) is 63.0 Å². The van der Waals surface area contributed by atoms with Gasteiger partial charge in [0.05, 0.1) is 23.1 Å². The molecule has 2 heterocycles. The van der Waals surface area contributed by atoms with Crippen LogP contribution < -0.4 is 5.32 Å². The van der Waals surface area contributed by atoms with Crippen molar-refractivity contribution in [2.24, 2.45) is 0 Å². The third-order valence-corrected chi connectivity index (χ3v) is 5.63. The molecule has 186 valence electrons. The van der Waals surface area contributed by atoms with Gasteiger partial charge >= 0.3 is 6.09 Å². The van der Waals surface area contributed by atoms with E-state index in [1.54, 1.807) is 27.9 Å². The van der Waals surface area contributed by atoms with Gasteiger partial charge in [0.1, 0.15) is 11.4 Å². The first-order chi connectivity index (χ1) is 16.0. The summed E-state index contributed by atoms with van der Waals surface area (Å²) in [6.45, 7) is 13.9. The highest BCUT2D eigenvalue weighted by atomic mass is 19.1. The normalized spacial score (nSPS) is 15.0. The van der Waals surface area contributed by atoms with Crippen molar-refractivity contribution in [2.75, 3.05) is 39.3 Å². The summed E-state index contributed by atoms with van der Waals surface area (Å²) in [7, 11) is 0. The number of carbonyl (C=O) groups excluding carboxylic acids is 2. The minimum atomic E-state index is -0.489. The second kappa shape index (κ2) is 11.0. The van der Waals surface area contributed by atoms with Gasteiger partial charge in [0.2, 0.25) is 0 Å².